The molecule has 3 aromatic rings. The highest BCUT2D eigenvalue weighted by molar-refractivity contribution is 7.66. The Morgan fingerprint density at radius 1 is 1.26 bits per heavy atom. The van der Waals surface area contributed by atoms with E-state index in [1.165, 1.54) is 39.2 Å². The third kappa shape index (κ3) is 3.52. The molecule has 0 saturated heterocycles. The first-order valence-electron chi connectivity index (χ1n) is 6.27. The molecular weight excluding hydrogens is 358 g/mol. The third-order valence-electron chi connectivity index (χ3n) is 2.77. The van der Waals surface area contributed by atoms with Crippen LogP contribution >= 0.6 is 32.5 Å². The zero-order valence-electron chi connectivity index (χ0n) is 11.3. The summed E-state index contributed by atoms with van der Waals surface area (Å²) in [7, 11) is 2.59. The van der Waals surface area contributed by atoms with Crippen molar-refractivity contribution >= 4 is 55.4 Å². The predicted octanol–water partition coefficient (Wildman–Crippen LogP) is 4.14. The van der Waals surface area contributed by atoms with Crippen LogP contribution < -0.4 is 9.99 Å². The highest BCUT2D eigenvalue weighted by Gasteiger charge is 2.15. The van der Waals surface area contributed by atoms with E-state index in [1.54, 1.807) is 18.2 Å². The van der Waals surface area contributed by atoms with E-state index in [9.17, 15) is 10.1 Å². The van der Waals surface area contributed by atoms with Crippen LogP contribution in [0.3, 0.4) is 0 Å². The Hall–Kier alpha value is -2.36. The molecule has 1 aromatic carbocycles. The standard InChI is InChI=1S/C13H8ClN5O2S2/c14-11-13(22-23-18-11)17-9-5-2-1-4-8(9)16-12-10(19(20)21)6-3-7-15-12/h1-7H,(H,15,16). The van der Waals surface area contributed by atoms with Crippen molar-refractivity contribution in [3.05, 3.63) is 62.5 Å². The fourth-order valence-electron chi connectivity index (χ4n) is 1.78. The number of nitrogens with one attached hydrogen (secondary N) is 1. The molecule has 10 heteroatoms. The Morgan fingerprint density at radius 2 is 2.09 bits per heavy atom. The van der Waals surface area contributed by atoms with Crippen LogP contribution in [-0.4, -0.2) is 14.3 Å². The van der Waals surface area contributed by atoms with Crippen LogP contribution in [-0.2, 0) is 0 Å². The fraction of sp³-hybridized carbons (Fsp3) is 0. The largest absolute Gasteiger partial charge is 0.333 e. The van der Waals surface area contributed by atoms with Gasteiger partial charge in [-0.3, -0.25) is 10.1 Å². The minimum absolute atomic E-state index is 0.111. The number of anilines is 2. The second-order valence-corrected chi connectivity index (χ2v) is 6.42. The molecular formula is C13H8ClN5O2S2. The minimum Gasteiger partial charge on any atom is -0.333 e. The Labute approximate surface area is 142 Å². The van der Waals surface area contributed by atoms with Crippen LogP contribution in [0, 0.1) is 10.1 Å². The first kappa shape index (κ1) is 15.5. The van der Waals surface area contributed by atoms with Crippen molar-refractivity contribution in [3.8, 4) is 0 Å². The molecule has 0 fully saturated rings. The fourth-order valence-corrected chi connectivity index (χ4v) is 3.76. The first-order chi connectivity index (χ1) is 11.1. The number of para-hydroxylation sites is 2. The number of rotatable bonds is 4. The monoisotopic (exact) mass is 365 g/mol. The van der Waals surface area contributed by atoms with E-state index >= 15 is 0 Å². The minimum atomic E-state index is -0.489. The van der Waals surface area contributed by atoms with Gasteiger partial charge in [-0.05, 0) is 28.5 Å². The molecule has 0 aliphatic carbocycles. The summed E-state index contributed by atoms with van der Waals surface area (Å²) >= 11 is 5.96. The average Bonchev–Trinajstić information content (AvgIpc) is 2.95. The zero-order chi connectivity index (χ0) is 16.2. The third-order valence-corrected chi connectivity index (χ3v) is 4.94. The number of hydrogen-bond donors (Lipinski definition) is 1. The van der Waals surface area contributed by atoms with Crippen molar-refractivity contribution in [2.24, 2.45) is 4.99 Å². The summed E-state index contributed by atoms with van der Waals surface area (Å²) in [5, 5.41) is 14.4. The molecule has 1 N–H and O–H groups in total. The molecule has 7 nitrogen and oxygen atoms in total. The maximum absolute atomic E-state index is 11.1. The molecule has 0 saturated carbocycles. The van der Waals surface area contributed by atoms with Crippen LogP contribution in [0.15, 0.2) is 47.6 Å². The normalized spacial score (nSPS) is 11.4. The number of nitro groups is 1. The Kier molecular flexibility index (Phi) is 4.60. The Balaban J connectivity index is 2.03. The van der Waals surface area contributed by atoms with Gasteiger partial charge in [0.1, 0.15) is 0 Å². The molecule has 3 rings (SSSR count). The molecule has 0 aliphatic heterocycles. The summed E-state index contributed by atoms with van der Waals surface area (Å²) in [5.74, 6) is 0.151. The lowest BCUT2D eigenvalue weighted by molar-refractivity contribution is -0.384. The SMILES string of the molecule is O=[N+]([O-])c1cccnc1Nc1ccccc1N=c1ssnc1Cl. The van der Waals surface area contributed by atoms with E-state index in [1.807, 2.05) is 6.07 Å². The molecule has 23 heavy (non-hydrogen) atoms. The topological polar surface area (TPSA) is 93.3 Å². The number of benzene rings is 1. The highest BCUT2D eigenvalue weighted by Crippen LogP contribution is 2.30. The summed E-state index contributed by atoms with van der Waals surface area (Å²) in [4.78, 5) is 19.1. The van der Waals surface area contributed by atoms with Gasteiger partial charge in [0, 0.05) is 22.8 Å². The van der Waals surface area contributed by atoms with Gasteiger partial charge < -0.3 is 5.32 Å². The molecule has 0 radical (unpaired) electrons. The van der Waals surface area contributed by atoms with Gasteiger partial charge in [0.05, 0.1) is 16.3 Å². The van der Waals surface area contributed by atoms with Crippen molar-refractivity contribution < 1.29 is 4.92 Å². The number of aromatic nitrogens is 2. The van der Waals surface area contributed by atoms with Crippen molar-refractivity contribution in [1.29, 1.82) is 0 Å². The second-order valence-electron chi connectivity index (χ2n) is 4.23. The van der Waals surface area contributed by atoms with Crippen LogP contribution in [0.5, 0.6) is 0 Å². The number of hydrogen-bond acceptors (Lipinski definition) is 8. The van der Waals surface area contributed by atoms with Crippen molar-refractivity contribution in [3.63, 3.8) is 0 Å². The van der Waals surface area contributed by atoms with Gasteiger partial charge in [-0.2, -0.15) is 4.37 Å². The van der Waals surface area contributed by atoms with E-state index in [4.69, 9.17) is 11.6 Å². The van der Waals surface area contributed by atoms with E-state index in [0.717, 1.165) is 0 Å². The van der Waals surface area contributed by atoms with Crippen LogP contribution in [0.4, 0.5) is 22.9 Å². The van der Waals surface area contributed by atoms with Gasteiger partial charge >= 0.3 is 5.69 Å². The molecule has 0 amide bonds. The van der Waals surface area contributed by atoms with Crippen LogP contribution in [0.2, 0.25) is 5.15 Å². The van der Waals surface area contributed by atoms with Gasteiger partial charge in [-0.25, -0.2) is 9.98 Å². The van der Waals surface area contributed by atoms with Gasteiger partial charge in [0.2, 0.25) is 5.82 Å². The summed E-state index contributed by atoms with van der Waals surface area (Å²) in [6.07, 6.45) is 1.48. The molecule has 2 heterocycles. The summed E-state index contributed by atoms with van der Waals surface area (Å²) < 4.78 is 4.56. The maximum Gasteiger partial charge on any atom is 0.311 e. The second kappa shape index (κ2) is 6.82. The molecule has 0 bridgehead atoms. The van der Waals surface area contributed by atoms with E-state index < -0.39 is 4.92 Å². The molecule has 116 valence electrons. The molecule has 0 spiro atoms. The molecule has 0 aliphatic rings. The van der Waals surface area contributed by atoms with Crippen LogP contribution in [0.1, 0.15) is 0 Å². The van der Waals surface area contributed by atoms with E-state index in [-0.39, 0.29) is 11.5 Å². The Bertz CT molecular complexity index is 924. The lowest BCUT2D eigenvalue weighted by Crippen LogP contribution is -2.00. The quantitative estimate of drug-likeness (QED) is 0.426. The molecule has 2 aromatic heterocycles. The number of pyridine rings is 1. The molecule has 0 unspecified atom stereocenters. The number of nitrogens with zero attached hydrogens (tertiary/aromatic N) is 4. The first-order valence-corrected chi connectivity index (χ1v) is 8.75. The van der Waals surface area contributed by atoms with Gasteiger partial charge in [-0.15, -0.1) is 0 Å². The summed E-state index contributed by atoms with van der Waals surface area (Å²) in [5.41, 5.74) is 1.06. The van der Waals surface area contributed by atoms with Crippen molar-refractivity contribution in [1.82, 2.24) is 9.36 Å². The highest BCUT2D eigenvalue weighted by atomic mass is 35.5. The van der Waals surface area contributed by atoms with Crippen molar-refractivity contribution in [2.75, 3.05) is 5.32 Å². The van der Waals surface area contributed by atoms with E-state index in [0.29, 0.717) is 21.2 Å². The van der Waals surface area contributed by atoms with Crippen molar-refractivity contribution in [2.45, 2.75) is 0 Å². The van der Waals surface area contributed by atoms with Gasteiger partial charge in [0.15, 0.2) is 9.82 Å². The van der Waals surface area contributed by atoms with E-state index in [2.05, 4.69) is 19.7 Å². The number of halogens is 1. The summed E-state index contributed by atoms with van der Waals surface area (Å²) in [6.45, 7) is 0. The van der Waals surface area contributed by atoms with Crippen LogP contribution in [0.25, 0.3) is 0 Å². The maximum atomic E-state index is 11.1. The smallest absolute Gasteiger partial charge is 0.311 e. The van der Waals surface area contributed by atoms with Gasteiger partial charge in [0.25, 0.3) is 0 Å². The average molecular weight is 366 g/mol. The lowest BCUT2D eigenvalue weighted by atomic mass is 10.2. The lowest BCUT2D eigenvalue weighted by Gasteiger charge is -2.08. The predicted molar refractivity (Wildman–Crippen MR) is 90.8 cm³/mol. The summed E-state index contributed by atoms with van der Waals surface area (Å²) in [6, 6.07) is 10.0. The zero-order valence-corrected chi connectivity index (χ0v) is 13.7. The Morgan fingerprint density at radius 3 is 2.83 bits per heavy atom. The molecule has 0 atom stereocenters. The van der Waals surface area contributed by atoms with Gasteiger partial charge in [-0.1, -0.05) is 23.7 Å².